The van der Waals surface area contributed by atoms with Crippen LogP contribution in [0.3, 0.4) is 0 Å². The predicted molar refractivity (Wildman–Crippen MR) is 88.3 cm³/mol. The number of rotatable bonds is 5. The van der Waals surface area contributed by atoms with Gasteiger partial charge in [-0.2, -0.15) is 0 Å². The molecule has 2 aliphatic rings. The molecule has 23 heavy (non-hydrogen) atoms. The van der Waals surface area contributed by atoms with Crippen LogP contribution in [0.1, 0.15) is 18.4 Å². The van der Waals surface area contributed by atoms with E-state index in [-0.39, 0.29) is 17.2 Å². The predicted octanol–water partition coefficient (Wildman–Crippen LogP) is 1.67. The zero-order valence-electron chi connectivity index (χ0n) is 14.0. The molecule has 0 bridgehead atoms. The van der Waals surface area contributed by atoms with Gasteiger partial charge in [0.05, 0.1) is 19.6 Å². The molecule has 5 nitrogen and oxygen atoms in total. The maximum Gasteiger partial charge on any atom is 0.226 e. The van der Waals surface area contributed by atoms with E-state index in [9.17, 15) is 4.79 Å². The Labute approximate surface area is 137 Å². The number of carbonyl (C=O) groups is 1. The molecule has 1 spiro atoms. The molecule has 126 valence electrons. The quantitative estimate of drug-likeness (QED) is 0.897. The first kappa shape index (κ1) is 16.3. The highest BCUT2D eigenvalue weighted by molar-refractivity contribution is 5.82. The van der Waals surface area contributed by atoms with Crippen molar-refractivity contribution in [1.29, 1.82) is 0 Å². The molecule has 1 aromatic carbocycles. The summed E-state index contributed by atoms with van der Waals surface area (Å²) in [5.41, 5.74) is 1.39. The summed E-state index contributed by atoms with van der Waals surface area (Å²) in [6.07, 6.45) is 2.10. The van der Waals surface area contributed by atoms with Crippen LogP contribution in [0, 0.1) is 11.3 Å². The molecule has 0 saturated carbocycles. The number of benzene rings is 1. The largest absolute Gasteiger partial charge is 0.497 e. The lowest BCUT2D eigenvalue weighted by atomic mass is 9.71. The molecular formula is C18H26N2O3. The van der Waals surface area contributed by atoms with Gasteiger partial charge >= 0.3 is 0 Å². The van der Waals surface area contributed by atoms with Crippen LogP contribution in [0.4, 0.5) is 0 Å². The van der Waals surface area contributed by atoms with E-state index in [1.54, 1.807) is 14.2 Å². The average Bonchev–Trinajstić information content (AvgIpc) is 2.88. The van der Waals surface area contributed by atoms with Gasteiger partial charge in [0.2, 0.25) is 5.91 Å². The van der Waals surface area contributed by atoms with Crippen LogP contribution in [0.25, 0.3) is 0 Å². The summed E-state index contributed by atoms with van der Waals surface area (Å²) in [6, 6.07) is 8.26. The molecule has 1 amide bonds. The first-order chi connectivity index (χ1) is 11.2. The molecule has 3 rings (SSSR count). The number of ether oxygens (including phenoxy) is 2. The molecule has 1 aromatic rings. The van der Waals surface area contributed by atoms with Crippen molar-refractivity contribution in [3.8, 4) is 5.75 Å². The topological polar surface area (TPSA) is 50.8 Å². The number of hydrogen-bond acceptors (Lipinski definition) is 4. The minimum atomic E-state index is 0.00985. The van der Waals surface area contributed by atoms with E-state index < -0.39 is 0 Å². The lowest BCUT2D eigenvalue weighted by Gasteiger charge is -2.41. The number of piperidine rings is 1. The second kappa shape index (κ2) is 6.89. The van der Waals surface area contributed by atoms with Crippen molar-refractivity contribution in [3.63, 3.8) is 0 Å². The molecule has 1 atom stereocenters. The normalized spacial score (nSPS) is 23.9. The van der Waals surface area contributed by atoms with E-state index >= 15 is 0 Å². The first-order valence-electron chi connectivity index (χ1n) is 8.29. The van der Waals surface area contributed by atoms with Crippen molar-refractivity contribution in [3.05, 3.63) is 29.8 Å². The van der Waals surface area contributed by atoms with Gasteiger partial charge in [0.1, 0.15) is 5.75 Å². The van der Waals surface area contributed by atoms with Crippen LogP contribution in [-0.4, -0.2) is 51.3 Å². The van der Waals surface area contributed by atoms with Gasteiger partial charge in [0, 0.05) is 25.6 Å². The summed E-state index contributed by atoms with van der Waals surface area (Å²) in [4.78, 5) is 14.5. The fourth-order valence-corrected chi connectivity index (χ4v) is 3.88. The molecule has 0 aromatic heterocycles. The van der Waals surface area contributed by atoms with Crippen LogP contribution in [-0.2, 0) is 16.1 Å². The zero-order valence-corrected chi connectivity index (χ0v) is 14.0. The van der Waals surface area contributed by atoms with Crippen molar-refractivity contribution >= 4 is 5.91 Å². The average molecular weight is 318 g/mol. The maximum atomic E-state index is 12.1. The van der Waals surface area contributed by atoms with Crippen LogP contribution >= 0.6 is 0 Å². The Hall–Kier alpha value is -1.59. The van der Waals surface area contributed by atoms with Crippen molar-refractivity contribution in [2.45, 2.75) is 19.4 Å². The highest BCUT2D eigenvalue weighted by Gasteiger charge is 2.49. The summed E-state index contributed by atoms with van der Waals surface area (Å²) in [5, 5.41) is 3.04. The van der Waals surface area contributed by atoms with Gasteiger partial charge in [-0.15, -0.1) is 0 Å². The van der Waals surface area contributed by atoms with Gasteiger partial charge < -0.3 is 14.8 Å². The third-order valence-electron chi connectivity index (χ3n) is 5.42. The van der Waals surface area contributed by atoms with E-state index in [2.05, 4.69) is 22.3 Å². The monoisotopic (exact) mass is 318 g/mol. The first-order valence-corrected chi connectivity index (χ1v) is 8.29. The van der Waals surface area contributed by atoms with E-state index in [4.69, 9.17) is 9.47 Å². The number of likely N-dealkylation sites (tertiary alicyclic amines) is 1. The van der Waals surface area contributed by atoms with Crippen LogP contribution in [0.5, 0.6) is 5.75 Å². The summed E-state index contributed by atoms with van der Waals surface area (Å²) >= 11 is 0. The zero-order chi connectivity index (χ0) is 16.3. The van der Waals surface area contributed by atoms with E-state index in [0.717, 1.165) is 44.8 Å². The number of carbonyl (C=O) groups excluding carboxylic acids is 1. The third kappa shape index (κ3) is 3.35. The van der Waals surface area contributed by atoms with E-state index in [1.807, 2.05) is 12.1 Å². The van der Waals surface area contributed by atoms with Crippen LogP contribution in [0.2, 0.25) is 0 Å². The van der Waals surface area contributed by atoms with Crippen molar-refractivity contribution < 1.29 is 14.3 Å². The van der Waals surface area contributed by atoms with Crippen molar-refractivity contribution in [2.75, 3.05) is 40.5 Å². The van der Waals surface area contributed by atoms with E-state index in [1.165, 1.54) is 5.56 Å². The number of nitrogens with zero attached hydrogens (tertiary/aromatic N) is 1. The fourth-order valence-electron chi connectivity index (χ4n) is 3.88. The summed E-state index contributed by atoms with van der Waals surface area (Å²) in [6.45, 7) is 4.35. The Morgan fingerprint density at radius 1 is 1.22 bits per heavy atom. The second-order valence-electron chi connectivity index (χ2n) is 6.71. The third-order valence-corrected chi connectivity index (χ3v) is 5.42. The van der Waals surface area contributed by atoms with Crippen LogP contribution in [0.15, 0.2) is 24.3 Å². The molecule has 0 aliphatic carbocycles. The van der Waals surface area contributed by atoms with Gasteiger partial charge in [-0.3, -0.25) is 9.69 Å². The molecule has 2 fully saturated rings. The summed E-state index contributed by atoms with van der Waals surface area (Å²) in [7, 11) is 3.37. The molecule has 0 radical (unpaired) electrons. The van der Waals surface area contributed by atoms with Gasteiger partial charge in [-0.25, -0.2) is 0 Å². The molecule has 5 heteroatoms. The Balaban J connectivity index is 1.58. The molecular weight excluding hydrogens is 292 g/mol. The van der Waals surface area contributed by atoms with Crippen molar-refractivity contribution in [1.82, 2.24) is 10.2 Å². The standard InChI is InChI=1S/C18H26N2O3/c1-22-12-16-17(21)19-13-18(16)7-9-20(10-8-18)11-14-3-5-15(23-2)6-4-14/h3-6,16H,7-13H2,1-2H3,(H,19,21)/t16-/m0/s1. The smallest absolute Gasteiger partial charge is 0.226 e. The Morgan fingerprint density at radius 2 is 1.91 bits per heavy atom. The van der Waals surface area contributed by atoms with E-state index in [0.29, 0.717) is 6.61 Å². The second-order valence-corrected chi connectivity index (χ2v) is 6.71. The van der Waals surface area contributed by atoms with Gasteiger partial charge in [0.25, 0.3) is 0 Å². The lowest BCUT2D eigenvalue weighted by Crippen LogP contribution is -2.45. The molecule has 2 heterocycles. The maximum absolute atomic E-state index is 12.1. The highest BCUT2D eigenvalue weighted by Crippen LogP contribution is 2.42. The van der Waals surface area contributed by atoms with Gasteiger partial charge in [-0.1, -0.05) is 12.1 Å². The number of methoxy groups -OCH3 is 2. The lowest BCUT2D eigenvalue weighted by molar-refractivity contribution is -0.126. The summed E-state index contributed by atoms with van der Waals surface area (Å²) in [5.74, 6) is 1.07. The fraction of sp³-hybridized carbons (Fsp3) is 0.611. The molecule has 0 unspecified atom stereocenters. The number of hydrogen-bond donors (Lipinski definition) is 1. The molecule has 1 N–H and O–H groups in total. The minimum Gasteiger partial charge on any atom is -0.497 e. The molecule has 2 saturated heterocycles. The summed E-state index contributed by atoms with van der Waals surface area (Å²) < 4.78 is 10.5. The Morgan fingerprint density at radius 3 is 2.52 bits per heavy atom. The van der Waals surface area contributed by atoms with Gasteiger partial charge in [-0.05, 0) is 43.6 Å². The Kier molecular flexibility index (Phi) is 4.87. The highest BCUT2D eigenvalue weighted by atomic mass is 16.5. The number of amides is 1. The SMILES string of the molecule is COC[C@H]1C(=O)NCC12CCN(Cc1ccc(OC)cc1)CC2. The Bertz CT molecular complexity index is 536. The minimum absolute atomic E-state index is 0.00985. The molecule has 2 aliphatic heterocycles. The number of nitrogens with one attached hydrogen (secondary N) is 1. The van der Waals surface area contributed by atoms with Gasteiger partial charge in [0.15, 0.2) is 0 Å². The van der Waals surface area contributed by atoms with Crippen LogP contribution < -0.4 is 10.1 Å². The van der Waals surface area contributed by atoms with Crippen molar-refractivity contribution in [2.24, 2.45) is 11.3 Å².